The largest absolute Gasteiger partial charge is 0.456 e. The van der Waals surface area contributed by atoms with Crippen LogP contribution in [0.1, 0.15) is 25.3 Å². The Balaban J connectivity index is 1.78. The van der Waals surface area contributed by atoms with Crippen LogP contribution in [0.4, 0.5) is 10.5 Å². The molecule has 0 aliphatic carbocycles. The molecule has 0 saturated carbocycles. The van der Waals surface area contributed by atoms with Gasteiger partial charge in [-0.2, -0.15) is 5.10 Å². The number of benzene rings is 1. The van der Waals surface area contributed by atoms with E-state index in [4.69, 9.17) is 13.9 Å². The first kappa shape index (κ1) is 20.1. The van der Waals surface area contributed by atoms with Crippen molar-refractivity contribution in [3.63, 3.8) is 0 Å². The molecular formula is C19H19N3O7. The molecule has 0 bridgehead atoms. The highest BCUT2D eigenvalue weighted by Gasteiger charge is 2.23. The Morgan fingerprint density at radius 3 is 2.72 bits per heavy atom. The first-order valence-electron chi connectivity index (χ1n) is 8.89. The van der Waals surface area contributed by atoms with Gasteiger partial charge in [0.1, 0.15) is 17.9 Å². The lowest BCUT2D eigenvalue weighted by Crippen LogP contribution is -2.32. The summed E-state index contributed by atoms with van der Waals surface area (Å²) in [5, 5.41) is 8.07. The summed E-state index contributed by atoms with van der Waals surface area (Å²) in [7, 11) is 1.46. The molecule has 0 radical (unpaired) electrons. The summed E-state index contributed by atoms with van der Waals surface area (Å²) in [6.07, 6.45) is -0.253. The molecule has 10 heteroatoms. The lowest BCUT2D eigenvalue weighted by Gasteiger charge is -2.18. The maximum atomic E-state index is 12.2. The molecule has 0 atom stereocenters. The third-order valence-electron chi connectivity index (χ3n) is 4.15. The number of nitrogens with one attached hydrogen (secondary N) is 1. The zero-order chi connectivity index (χ0) is 21.0. The zero-order valence-corrected chi connectivity index (χ0v) is 15.9. The average Bonchev–Trinajstić information content (AvgIpc) is 2.67. The van der Waals surface area contributed by atoms with Gasteiger partial charge in [0, 0.05) is 48.7 Å². The van der Waals surface area contributed by atoms with E-state index in [-0.39, 0.29) is 43.3 Å². The average molecular weight is 401 g/mol. The van der Waals surface area contributed by atoms with Crippen LogP contribution in [0.2, 0.25) is 0 Å². The first-order chi connectivity index (χ1) is 13.9. The van der Waals surface area contributed by atoms with Crippen LogP contribution in [0.5, 0.6) is 0 Å². The van der Waals surface area contributed by atoms with Crippen LogP contribution in [0.3, 0.4) is 0 Å². The molecule has 1 aliphatic rings. The van der Waals surface area contributed by atoms with Crippen LogP contribution < -0.4 is 10.9 Å². The lowest BCUT2D eigenvalue weighted by atomic mass is 10.1. The summed E-state index contributed by atoms with van der Waals surface area (Å²) >= 11 is 0. The molecule has 1 N–H and O–H groups in total. The fourth-order valence-electron chi connectivity index (χ4n) is 2.76. The van der Waals surface area contributed by atoms with E-state index in [1.807, 2.05) is 0 Å². The maximum absolute atomic E-state index is 12.2. The van der Waals surface area contributed by atoms with E-state index in [0.717, 1.165) is 5.01 Å². The van der Waals surface area contributed by atoms with Gasteiger partial charge in [-0.1, -0.05) is 0 Å². The zero-order valence-electron chi connectivity index (χ0n) is 15.9. The van der Waals surface area contributed by atoms with E-state index in [0.29, 0.717) is 16.6 Å². The molecular weight excluding hydrogens is 382 g/mol. The van der Waals surface area contributed by atoms with Gasteiger partial charge in [0.25, 0.3) is 0 Å². The van der Waals surface area contributed by atoms with Crippen molar-refractivity contribution in [3.05, 3.63) is 40.2 Å². The molecule has 1 aromatic heterocycles. The molecule has 0 unspecified atom stereocenters. The van der Waals surface area contributed by atoms with Crippen LogP contribution in [0.25, 0.3) is 11.0 Å². The number of fused-ring (bicyclic) bond motifs is 1. The van der Waals surface area contributed by atoms with Gasteiger partial charge in [0.05, 0.1) is 6.61 Å². The van der Waals surface area contributed by atoms with Gasteiger partial charge in [-0.15, -0.1) is 0 Å². The van der Waals surface area contributed by atoms with Gasteiger partial charge in [-0.05, 0) is 19.1 Å². The highest BCUT2D eigenvalue weighted by Crippen LogP contribution is 2.22. The van der Waals surface area contributed by atoms with Crippen molar-refractivity contribution in [1.29, 1.82) is 0 Å². The standard InChI is InChI=1S/C19H19N3O7/c1-3-27-19(26)20-12-4-5-13-11(8-17(24)29-15(13)9-12)10-28-18(25)14-6-7-16(23)22(2)21-14/h4-5,8-9H,3,6-7,10H2,1-2H3,(H,20,26). The van der Waals surface area contributed by atoms with E-state index in [9.17, 15) is 19.2 Å². The van der Waals surface area contributed by atoms with Crippen LogP contribution in [0, 0.1) is 0 Å². The van der Waals surface area contributed by atoms with E-state index < -0.39 is 17.7 Å². The molecule has 0 saturated heterocycles. The van der Waals surface area contributed by atoms with Crippen molar-refractivity contribution in [1.82, 2.24) is 5.01 Å². The highest BCUT2D eigenvalue weighted by atomic mass is 16.5. The number of hydrogen-bond acceptors (Lipinski definition) is 8. The van der Waals surface area contributed by atoms with Crippen molar-refractivity contribution >= 4 is 40.3 Å². The number of rotatable bonds is 5. The Kier molecular flexibility index (Phi) is 5.91. The Morgan fingerprint density at radius 2 is 2.00 bits per heavy atom. The molecule has 1 aliphatic heterocycles. The van der Waals surface area contributed by atoms with Gasteiger partial charge >= 0.3 is 17.7 Å². The topological polar surface area (TPSA) is 128 Å². The number of carbonyl (C=O) groups excluding carboxylic acids is 3. The van der Waals surface area contributed by atoms with Gasteiger partial charge in [-0.25, -0.2) is 19.4 Å². The summed E-state index contributed by atoms with van der Waals surface area (Å²) in [4.78, 5) is 47.1. The summed E-state index contributed by atoms with van der Waals surface area (Å²) in [5.41, 5.74) is 0.557. The minimum atomic E-state index is -0.661. The Bertz CT molecular complexity index is 1060. The number of hydrogen-bond donors (Lipinski definition) is 1. The van der Waals surface area contributed by atoms with Gasteiger partial charge < -0.3 is 13.9 Å². The van der Waals surface area contributed by atoms with E-state index >= 15 is 0 Å². The predicted octanol–water partition coefficient (Wildman–Crippen LogP) is 2.01. The predicted molar refractivity (Wildman–Crippen MR) is 102 cm³/mol. The van der Waals surface area contributed by atoms with Crippen LogP contribution >= 0.6 is 0 Å². The fourth-order valence-corrected chi connectivity index (χ4v) is 2.76. The summed E-state index contributed by atoms with van der Waals surface area (Å²) < 4.78 is 15.2. The van der Waals surface area contributed by atoms with Crippen LogP contribution in [0.15, 0.2) is 38.6 Å². The van der Waals surface area contributed by atoms with Gasteiger partial charge in [0.15, 0.2) is 0 Å². The summed E-state index contributed by atoms with van der Waals surface area (Å²) in [6.45, 7) is 1.73. The minimum Gasteiger partial charge on any atom is -0.456 e. The Morgan fingerprint density at radius 1 is 1.21 bits per heavy atom. The van der Waals surface area contributed by atoms with Crippen molar-refractivity contribution < 1.29 is 28.3 Å². The van der Waals surface area contributed by atoms with Crippen molar-refractivity contribution in [2.75, 3.05) is 19.0 Å². The third kappa shape index (κ3) is 4.78. The van der Waals surface area contributed by atoms with E-state index in [2.05, 4.69) is 10.4 Å². The first-order valence-corrected chi connectivity index (χ1v) is 8.89. The van der Waals surface area contributed by atoms with Crippen molar-refractivity contribution in [3.8, 4) is 0 Å². The highest BCUT2D eigenvalue weighted by molar-refractivity contribution is 6.37. The van der Waals surface area contributed by atoms with Gasteiger partial charge in [-0.3, -0.25) is 10.1 Å². The van der Waals surface area contributed by atoms with Crippen LogP contribution in [-0.2, 0) is 25.7 Å². The molecule has 10 nitrogen and oxygen atoms in total. The quantitative estimate of drug-likeness (QED) is 0.599. The normalized spacial score (nSPS) is 13.8. The number of esters is 1. The fraction of sp³-hybridized carbons (Fsp3) is 0.316. The number of ether oxygens (including phenoxy) is 2. The lowest BCUT2D eigenvalue weighted by molar-refractivity contribution is -0.137. The number of carbonyl (C=O) groups is 3. The molecule has 29 heavy (non-hydrogen) atoms. The Labute approximate surface area is 165 Å². The number of anilines is 1. The summed E-state index contributed by atoms with van der Waals surface area (Å²) in [6, 6.07) is 5.95. The minimum absolute atomic E-state index is 0.139. The van der Waals surface area contributed by atoms with E-state index in [1.165, 1.54) is 19.2 Å². The maximum Gasteiger partial charge on any atom is 0.411 e. The van der Waals surface area contributed by atoms with Crippen molar-refractivity contribution in [2.24, 2.45) is 5.10 Å². The molecule has 152 valence electrons. The number of hydrazone groups is 1. The van der Waals surface area contributed by atoms with Crippen LogP contribution in [-0.4, -0.2) is 42.3 Å². The van der Waals surface area contributed by atoms with Crippen molar-refractivity contribution in [2.45, 2.75) is 26.4 Å². The summed E-state index contributed by atoms with van der Waals surface area (Å²) in [5.74, 6) is -0.841. The number of nitrogens with zero attached hydrogens (tertiary/aromatic N) is 2. The van der Waals surface area contributed by atoms with E-state index in [1.54, 1.807) is 19.1 Å². The second-order valence-electron chi connectivity index (χ2n) is 6.19. The van der Waals surface area contributed by atoms with Gasteiger partial charge in [0.2, 0.25) is 5.91 Å². The molecule has 3 rings (SSSR count). The Hall–Kier alpha value is -3.69. The molecule has 1 aromatic carbocycles. The smallest absolute Gasteiger partial charge is 0.411 e. The SMILES string of the molecule is CCOC(=O)Nc1ccc2c(COC(=O)C3=NN(C)C(=O)CC3)cc(=O)oc2c1. The molecule has 2 amide bonds. The second kappa shape index (κ2) is 8.55. The second-order valence-corrected chi connectivity index (χ2v) is 6.19. The third-order valence-corrected chi connectivity index (χ3v) is 4.15. The molecule has 2 heterocycles. The molecule has 0 spiro atoms. The monoisotopic (exact) mass is 401 g/mol. The molecule has 2 aromatic rings. The molecule has 0 fully saturated rings. The number of amides is 2.